The molecule has 2 aromatic rings. The monoisotopic (exact) mass is 519 g/mol. The summed E-state index contributed by atoms with van der Waals surface area (Å²) in [6.45, 7) is 3.99. The minimum absolute atomic E-state index is 0.0192. The summed E-state index contributed by atoms with van der Waals surface area (Å²) in [6, 6.07) is -4.18. The van der Waals surface area contributed by atoms with E-state index in [1.165, 1.54) is 25.0 Å². The van der Waals surface area contributed by atoms with E-state index in [1.807, 2.05) is 0 Å². The molecule has 0 saturated carbocycles. The van der Waals surface area contributed by atoms with Crippen molar-refractivity contribution >= 4 is 23.7 Å². The van der Waals surface area contributed by atoms with E-state index >= 15 is 0 Å². The SMILES string of the molecule is CC(C)C(NC(=O)C(N)CCCCN)C(=O)NC(Cc1cnc[nH]1)C(=O)NC(Cc1cnc[nH]1)C(=O)O. The van der Waals surface area contributed by atoms with Gasteiger partial charge in [0.2, 0.25) is 17.7 Å². The van der Waals surface area contributed by atoms with Crippen molar-refractivity contribution in [2.75, 3.05) is 6.54 Å². The molecule has 14 heteroatoms. The highest BCUT2D eigenvalue weighted by atomic mass is 16.4. The fraction of sp³-hybridized carbons (Fsp3) is 0.565. The van der Waals surface area contributed by atoms with E-state index in [9.17, 15) is 24.3 Å². The molecule has 0 radical (unpaired) electrons. The molecule has 0 spiro atoms. The highest BCUT2D eigenvalue weighted by molar-refractivity contribution is 5.94. The van der Waals surface area contributed by atoms with Gasteiger partial charge in [-0.1, -0.05) is 20.3 Å². The molecule has 0 aliphatic carbocycles. The molecule has 0 bridgehead atoms. The topological polar surface area (TPSA) is 234 Å². The summed E-state index contributed by atoms with van der Waals surface area (Å²) in [5.41, 5.74) is 12.5. The molecule has 0 aromatic carbocycles. The van der Waals surface area contributed by atoms with Crippen LogP contribution in [0.1, 0.15) is 44.5 Å². The summed E-state index contributed by atoms with van der Waals surface area (Å²) in [5, 5.41) is 17.4. The molecule has 2 rings (SSSR count). The first-order valence-corrected chi connectivity index (χ1v) is 12.2. The third-order valence-electron chi connectivity index (χ3n) is 5.76. The van der Waals surface area contributed by atoms with Crippen LogP contribution in [0, 0.1) is 5.92 Å². The van der Waals surface area contributed by atoms with Crippen molar-refractivity contribution in [3.8, 4) is 0 Å². The summed E-state index contributed by atoms with van der Waals surface area (Å²) in [6.07, 6.45) is 7.61. The Bertz CT molecular complexity index is 994. The Morgan fingerprint density at radius 3 is 1.95 bits per heavy atom. The summed E-state index contributed by atoms with van der Waals surface area (Å²) >= 11 is 0. The zero-order valence-electron chi connectivity index (χ0n) is 21.1. The lowest BCUT2D eigenvalue weighted by molar-refractivity contribution is -0.142. The Kier molecular flexibility index (Phi) is 11.7. The van der Waals surface area contributed by atoms with Gasteiger partial charge in [-0.15, -0.1) is 0 Å². The van der Waals surface area contributed by atoms with Crippen LogP contribution >= 0.6 is 0 Å². The van der Waals surface area contributed by atoms with Crippen molar-refractivity contribution < 1.29 is 24.3 Å². The van der Waals surface area contributed by atoms with Gasteiger partial charge in [0.15, 0.2) is 0 Å². The van der Waals surface area contributed by atoms with Gasteiger partial charge in [0.1, 0.15) is 18.1 Å². The fourth-order valence-corrected chi connectivity index (χ4v) is 3.61. The number of carbonyl (C=O) groups excluding carboxylic acids is 3. The number of amides is 3. The summed E-state index contributed by atoms with van der Waals surface area (Å²) in [4.78, 5) is 64.2. The number of unbranched alkanes of at least 4 members (excludes halogenated alkanes) is 1. The fourth-order valence-electron chi connectivity index (χ4n) is 3.61. The van der Waals surface area contributed by atoms with Crippen LogP contribution in [0.25, 0.3) is 0 Å². The molecule has 204 valence electrons. The van der Waals surface area contributed by atoms with E-state index in [1.54, 1.807) is 13.8 Å². The second-order valence-corrected chi connectivity index (χ2v) is 9.14. The Labute approximate surface area is 214 Å². The van der Waals surface area contributed by atoms with Crippen LogP contribution in [0.4, 0.5) is 0 Å². The molecule has 2 heterocycles. The molecule has 10 N–H and O–H groups in total. The number of aromatic nitrogens is 4. The van der Waals surface area contributed by atoms with E-state index in [0.29, 0.717) is 30.8 Å². The molecule has 37 heavy (non-hydrogen) atoms. The zero-order valence-corrected chi connectivity index (χ0v) is 21.1. The van der Waals surface area contributed by atoms with Crippen LogP contribution in [0.5, 0.6) is 0 Å². The molecule has 4 atom stereocenters. The lowest BCUT2D eigenvalue weighted by atomic mass is 10.0. The number of hydrogen-bond donors (Lipinski definition) is 8. The van der Waals surface area contributed by atoms with Gasteiger partial charge in [0, 0.05) is 36.6 Å². The van der Waals surface area contributed by atoms with Crippen molar-refractivity contribution in [3.05, 3.63) is 36.4 Å². The Morgan fingerprint density at radius 1 is 0.892 bits per heavy atom. The van der Waals surface area contributed by atoms with Crippen LogP contribution in [0.3, 0.4) is 0 Å². The smallest absolute Gasteiger partial charge is 0.326 e. The first-order chi connectivity index (χ1) is 17.6. The zero-order chi connectivity index (χ0) is 27.4. The van der Waals surface area contributed by atoms with Crippen LogP contribution in [-0.4, -0.2) is 79.4 Å². The number of nitrogens with zero attached hydrogens (tertiary/aromatic N) is 2. The standard InChI is InChI=1S/C23H37N9O5/c1-13(2)19(32-20(33)16(25)5-3-4-6-24)22(35)30-17(7-14-9-26-11-28-14)21(34)31-18(23(36)37)8-15-10-27-12-29-15/h9-13,16-19H,3-8,24-25H2,1-2H3,(H,26,28)(H,27,29)(H,30,35)(H,31,34)(H,32,33)(H,36,37). The van der Waals surface area contributed by atoms with Crippen LogP contribution in [-0.2, 0) is 32.0 Å². The van der Waals surface area contributed by atoms with Gasteiger partial charge < -0.3 is 42.5 Å². The maximum atomic E-state index is 13.2. The average Bonchev–Trinajstić information content (AvgIpc) is 3.55. The number of carboxylic acid groups (broad SMARTS) is 1. The lowest BCUT2D eigenvalue weighted by Crippen LogP contribution is -2.59. The van der Waals surface area contributed by atoms with E-state index in [4.69, 9.17) is 11.5 Å². The van der Waals surface area contributed by atoms with Crippen molar-refractivity contribution in [3.63, 3.8) is 0 Å². The van der Waals surface area contributed by atoms with Gasteiger partial charge in [-0.25, -0.2) is 14.8 Å². The van der Waals surface area contributed by atoms with Crippen LogP contribution in [0.15, 0.2) is 25.0 Å². The predicted octanol–water partition coefficient (Wildman–Crippen LogP) is -1.43. The van der Waals surface area contributed by atoms with Crippen molar-refractivity contribution in [2.45, 2.75) is 70.1 Å². The molecular weight excluding hydrogens is 482 g/mol. The number of hydrogen-bond acceptors (Lipinski definition) is 8. The number of imidazole rings is 2. The van der Waals surface area contributed by atoms with Crippen LogP contribution in [0.2, 0.25) is 0 Å². The van der Waals surface area contributed by atoms with Gasteiger partial charge >= 0.3 is 5.97 Å². The maximum Gasteiger partial charge on any atom is 0.326 e. The van der Waals surface area contributed by atoms with E-state index in [2.05, 4.69) is 35.9 Å². The lowest BCUT2D eigenvalue weighted by Gasteiger charge is -2.27. The third-order valence-corrected chi connectivity index (χ3v) is 5.76. The number of aromatic amines is 2. The van der Waals surface area contributed by atoms with Gasteiger partial charge in [-0.2, -0.15) is 0 Å². The molecule has 2 aromatic heterocycles. The minimum Gasteiger partial charge on any atom is -0.480 e. The molecular formula is C23H37N9O5. The minimum atomic E-state index is -1.26. The normalized spacial score (nSPS) is 14.4. The second kappa shape index (κ2) is 14.7. The van der Waals surface area contributed by atoms with E-state index in [0.717, 1.165) is 6.42 Å². The predicted molar refractivity (Wildman–Crippen MR) is 134 cm³/mol. The molecule has 0 aliphatic rings. The van der Waals surface area contributed by atoms with Gasteiger partial charge in [-0.3, -0.25) is 14.4 Å². The molecule has 0 aliphatic heterocycles. The number of nitrogens with one attached hydrogen (secondary N) is 5. The first kappa shape index (κ1) is 29.5. The molecule has 3 amide bonds. The van der Waals surface area contributed by atoms with Crippen molar-refractivity contribution in [1.82, 2.24) is 35.9 Å². The van der Waals surface area contributed by atoms with E-state index < -0.39 is 47.9 Å². The summed E-state index contributed by atoms with van der Waals surface area (Å²) < 4.78 is 0. The van der Waals surface area contributed by atoms with Crippen molar-refractivity contribution in [1.29, 1.82) is 0 Å². The number of nitrogens with two attached hydrogens (primary N) is 2. The van der Waals surface area contributed by atoms with Gasteiger partial charge in [0.05, 0.1) is 18.7 Å². The molecule has 14 nitrogen and oxygen atoms in total. The molecule has 0 fully saturated rings. The largest absolute Gasteiger partial charge is 0.480 e. The van der Waals surface area contributed by atoms with Crippen molar-refractivity contribution in [2.24, 2.45) is 17.4 Å². The number of rotatable bonds is 16. The number of aliphatic carboxylic acids is 1. The first-order valence-electron chi connectivity index (χ1n) is 12.2. The van der Waals surface area contributed by atoms with Gasteiger partial charge in [-0.05, 0) is 25.3 Å². The van der Waals surface area contributed by atoms with Gasteiger partial charge in [0.25, 0.3) is 0 Å². The highest BCUT2D eigenvalue weighted by Crippen LogP contribution is 2.08. The Morgan fingerprint density at radius 2 is 1.46 bits per heavy atom. The number of carboxylic acids is 1. The molecule has 4 unspecified atom stereocenters. The maximum absolute atomic E-state index is 13.2. The number of carbonyl (C=O) groups is 4. The summed E-state index contributed by atoms with van der Waals surface area (Å²) in [7, 11) is 0. The number of H-pyrrole nitrogens is 2. The second-order valence-electron chi connectivity index (χ2n) is 9.14. The summed E-state index contributed by atoms with van der Waals surface area (Å²) in [5.74, 6) is -3.35. The van der Waals surface area contributed by atoms with E-state index in [-0.39, 0.29) is 18.8 Å². The Balaban J connectivity index is 2.13. The Hall–Kier alpha value is -3.78. The quantitative estimate of drug-likeness (QED) is 0.121. The third kappa shape index (κ3) is 9.65. The highest BCUT2D eigenvalue weighted by Gasteiger charge is 2.32. The molecule has 0 saturated heterocycles. The van der Waals surface area contributed by atoms with Crippen LogP contribution < -0.4 is 27.4 Å². The average molecular weight is 520 g/mol.